The molecule has 0 aliphatic carbocycles. The fourth-order valence-electron chi connectivity index (χ4n) is 2.06. The van der Waals surface area contributed by atoms with Crippen molar-refractivity contribution in [2.24, 2.45) is 0 Å². The van der Waals surface area contributed by atoms with Crippen LogP contribution in [-0.2, 0) is 0 Å². The van der Waals surface area contributed by atoms with E-state index >= 15 is 0 Å². The highest BCUT2D eigenvalue weighted by atomic mass is 127. The minimum Gasteiger partial charge on any atom is -0.497 e. The van der Waals surface area contributed by atoms with Crippen molar-refractivity contribution in [2.45, 2.75) is 6.04 Å². The summed E-state index contributed by atoms with van der Waals surface area (Å²) in [5.74, 6) is 0.875. The Balaban J connectivity index is 2.46. The van der Waals surface area contributed by atoms with Crippen molar-refractivity contribution >= 4 is 38.5 Å². The summed E-state index contributed by atoms with van der Waals surface area (Å²) in [6.07, 6.45) is 0. The second kappa shape index (κ2) is 6.72. The smallest absolute Gasteiger partial charge is 0.119 e. The molecule has 2 nitrogen and oxygen atoms in total. The maximum atomic E-state index is 5.30. The number of benzene rings is 2. The Morgan fingerprint density at radius 3 is 2.68 bits per heavy atom. The van der Waals surface area contributed by atoms with Crippen LogP contribution in [0.15, 0.2) is 46.9 Å². The number of ether oxygens (including phenoxy) is 1. The topological polar surface area (TPSA) is 21.3 Å². The van der Waals surface area contributed by atoms with Crippen LogP contribution in [0.25, 0.3) is 0 Å². The van der Waals surface area contributed by atoms with Gasteiger partial charge in [-0.3, -0.25) is 0 Å². The molecule has 0 saturated carbocycles. The van der Waals surface area contributed by atoms with E-state index < -0.39 is 0 Å². The first-order valence-corrected chi connectivity index (χ1v) is 7.79. The zero-order valence-electron chi connectivity index (χ0n) is 10.8. The molecule has 0 fully saturated rings. The van der Waals surface area contributed by atoms with E-state index in [4.69, 9.17) is 4.74 Å². The van der Waals surface area contributed by atoms with Crippen molar-refractivity contribution in [1.29, 1.82) is 0 Å². The van der Waals surface area contributed by atoms with E-state index in [-0.39, 0.29) is 6.04 Å². The van der Waals surface area contributed by atoms with Gasteiger partial charge in [-0.1, -0.05) is 28.1 Å². The van der Waals surface area contributed by atoms with Gasteiger partial charge in [0.25, 0.3) is 0 Å². The first-order valence-electron chi connectivity index (χ1n) is 5.92. The quantitative estimate of drug-likeness (QED) is 0.725. The van der Waals surface area contributed by atoms with E-state index in [1.54, 1.807) is 7.11 Å². The highest BCUT2D eigenvalue weighted by Crippen LogP contribution is 2.31. The van der Waals surface area contributed by atoms with Gasteiger partial charge in [0.15, 0.2) is 0 Å². The summed E-state index contributed by atoms with van der Waals surface area (Å²) in [7, 11) is 3.66. The van der Waals surface area contributed by atoms with Crippen LogP contribution in [0.3, 0.4) is 0 Å². The van der Waals surface area contributed by atoms with Gasteiger partial charge in [0.1, 0.15) is 5.75 Å². The molecule has 0 heterocycles. The molecule has 1 unspecified atom stereocenters. The van der Waals surface area contributed by atoms with Gasteiger partial charge in [0, 0.05) is 8.04 Å². The molecule has 0 spiro atoms. The predicted octanol–water partition coefficient (Wildman–Crippen LogP) is 4.37. The van der Waals surface area contributed by atoms with Crippen molar-refractivity contribution in [3.63, 3.8) is 0 Å². The first kappa shape index (κ1) is 14.8. The van der Waals surface area contributed by atoms with Gasteiger partial charge in [-0.05, 0) is 71.1 Å². The van der Waals surface area contributed by atoms with Gasteiger partial charge in [0.05, 0.1) is 13.2 Å². The molecule has 0 saturated heterocycles. The van der Waals surface area contributed by atoms with Crippen molar-refractivity contribution in [2.75, 3.05) is 14.2 Å². The second-order valence-electron chi connectivity index (χ2n) is 4.16. The van der Waals surface area contributed by atoms with E-state index in [9.17, 15) is 0 Å². The molecule has 2 aromatic carbocycles. The van der Waals surface area contributed by atoms with Crippen LogP contribution in [0.1, 0.15) is 17.2 Å². The summed E-state index contributed by atoms with van der Waals surface area (Å²) < 4.78 is 7.63. The largest absolute Gasteiger partial charge is 0.497 e. The third kappa shape index (κ3) is 3.49. The van der Waals surface area contributed by atoms with Crippen LogP contribution in [-0.4, -0.2) is 14.2 Å². The van der Waals surface area contributed by atoms with E-state index in [1.807, 2.05) is 19.2 Å². The predicted molar refractivity (Wildman–Crippen MR) is 90.8 cm³/mol. The van der Waals surface area contributed by atoms with Gasteiger partial charge in [0.2, 0.25) is 0 Å². The van der Waals surface area contributed by atoms with E-state index in [0.29, 0.717) is 0 Å². The molecule has 0 aliphatic rings. The lowest BCUT2D eigenvalue weighted by molar-refractivity contribution is 0.414. The third-order valence-corrected chi connectivity index (χ3v) is 4.38. The SMILES string of the molecule is CNC(c1cccc(OC)c1)c1cc(I)ccc1Br. The van der Waals surface area contributed by atoms with Gasteiger partial charge >= 0.3 is 0 Å². The van der Waals surface area contributed by atoms with Crippen LogP contribution >= 0.6 is 38.5 Å². The Morgan fingerprint density at radius 1 is 1.21 bits per heavy atom. The molecule has 0 amide bonds. The Kier molecular flexibility index (Phi) is 5.24. The zero-order chi connectivity index (χ0) is 13.8. The van der Waals surface area contributed by atoms with Gasteiger partial charge in [-0.15, -0.1) is 0 Å². The Hall–Kier alpha value is -0.590. The number of nitrogens with one attached hydrogen (secondary N) is 1. The molecular weight excluding hydrogens is 417 g/mol. The summed E-state index contributed by atoms with van der Waals surface area (Å²) in [5, 5.41) is 3.37. The molecule has 2 aromatic rings. The number of halogens is 2. The summed E-state index contributed by atoms with van der Waals surface area (Å²) in [5.41, 5.74) is 2.41. The van der Waals surface area contributed by atoms with Crippen LogP contribution in [0, 0.1) is 3.57 Å². The molecule has 1 atom stereocenters. The summed E-state index contributed by atoms with van der Waals surface area (Å²) >= 11 is 5.96. The van der Waals surface area contributed by atoms with E-state index in [1.165, 1.54) is 14.7 Å². The minimum atomic E-state index is 0.138. The molecule has 0 aliphatic heterocycles. The fraction of sp³-hybridized carbons (Fsp3) is 0.200. The van der Waals surface area contributed by atoms with Crippen LogP contribution in [0.4, 0.5) is 0 Å². The molecule has 100 valence electrons. The lowest BCUT2D eigenvalue weighted by Crippen LogP contribution is -2.18. The van der Waals surface area contributed by atoms with E-state index in [0.717, 1.165) is 10.2 Å². The Bertz CT molecular complexity index is 574. The van der Waals surface area contributed by atoms with Crippen LogP contribution in [0.2, 0.25) is 0 Å². The average molecular weight is 432 g/mol. The highest BCUT2D eigenvalue weighted by molar-refractivity contribution is 14.1. The van der Waals surface area contributed by atoms with Crippen molar-refractivity contribution < 1.29 is 4.74 Å². The molecule has 4 heteroatoms. The summed E-state index contributed by atoms with van der Waals surface area (Å²) in [6, 6.07) is 14.6. The Morgan fingerprint density at radius 2 is 2.00 bits per heavy atom. The zero-order valence-corrected chi connectivity index (χ0v) is 14.5. The Labute approximate surface area is 135 Å². The van der Waals surface area contributed by atoms with Crippen molar-refractivity contribution in [3.8, 4) is 5.75 Å². The molecule has 1 N–H and O–H groups in total. The molecule has 19 heavy (non-hydrogen) atoms. The standard InChI is InChI=1S/C15H15BrINO/c1-18-15(10-4-3-5-12(8-10)19-2)13-9-11(17)6-7-14(13)16/h3-9,15,18H,1-2H3. The van der Waals surface area contributed by atoms with Crippen LogP contribution < -0.4 is 10.1 Å². The fourth-order valence-corrected chi connectivity index (χ4v) is 3.05. The highest BCUT2D eigenvalue weighted by Gasteiger charge is 2.15. The monoisotopic (exact) mass is 431 g/mol. The van der Waals surface area contributed by atoms with Crippen molar-refractivity contribution in [3.05, 3.63) is 61.6 Å². The van der Waals surface area contributed by atoms with Crippen molar-refractivity contribution in [1.82, 2.24) is 5.32 Å². The number of hydrogen-bond donors (Lipinski definition) is 1. The maximum Gasteiger partial charge on any atom is 0.119 e. The lowest BCUT2D eigenvalue weighted by atomic mass is 9.99. The van der Waals surface area contributed by atoms with Gasteiger partial charge in [-0.25, -0.2) is 0 Å². The third-order valence-electron chi connectivity index (χ3n) is 2.98. The van der Waals surface area contributed by atoms with Crippen LogP contribution in [0.5, 0.6) is 5.75 Å². The first-order chi connectivity index (χ1) is 9.15. The summed E-state index contributed by atoms with van der Waals surface area (Å²) in [6.45, 7) is 0. The number of hydrogen-bond acceptors (Lipinski definition) is 2. The maximum absolute atomic E-state index is 5.30. The normalized spacial score (nSPS) is 12.2. The number of rotatable bonds is 4. The second-order valence-corrected chi connectivity index (χ2v) is 6.26. The molecule has 0 bridgehead atoms. The lowest BCUT2D eigenvalue weighted by Gasteiger charge is -2.19. The molecule has 0 radical (unpaired) electrons. The average Bonchev–Trinajstić information content (AvgIpc) is 2.44. The van der Waals surface area contributed by atoms with Gasteiger partial charge in [-0.2, -0.15) is 0 Å². The molecule has 2 rings (SSSR count). The van der Waals surface area contributed by atoms with Gasteiger partial charge < -0.3 is 10.1 Å². The number of methoxy groups -OCH3 is 1. The molecule has 0 aromatic heterocycles. The van der Waals surface area contributed by atoms with E-state index in [2.05, 4.69) is 74.2 Å². The minimum absolute atomic E-state index is 0.138. The summed E-state index contributed by atoms with van der Waals surface area (Å²) in [4.78, 5) is 0. The molecular formula is C15H15BrINO.